The molecule has 4 atom stereocenters. The summed E-state index contributed by atoms with van der Waals surface area (Å²) in [7, 11) is 1.61. The summed E-state index contributed by atoms with van der Waals surface area (Å²) in [4.78, 5) is 22.8. The van der Waals surface area contributed by atoms with Crippen molar-refractivity contribution in [3.05, 3.63) is 41.5 Å². The molecule has 1 aromatic rings. The summed E-state index contributed by atoms with van der Waals surface area (Å²) in [6.45, 7) is 1.95. The maximum Gasteiger partial charge on any atom is 0.313 e. The maximum atomic E-state index is 12.3. The van der Waals surface area contributed by atoms with Crippen molar-refractivity contribution in [1.82, 2.24) is 0 Å². The van der Waals surface area contributed by atoms with Gasteiger partial charge < -0.3 is 20.1 Å². The number of carbonyl (C=O) groups is 2. The van der Waals surface area contributed by atoms with Crippen LogP contribution in [0.4, 0.5) is 0 Å². The van der Waals surface area contributed by atoms with Crippen molar-refractivity contribution < 1.29 is 29.6 Å². The predicted molar refractivity (Wildman–Crippen MR) is 122 cm³/mol. The average Bonchev–Trinajstić information content (AvgIpc) is 2.95. The molecule has 30 heavy (non-hydrogen) atoms. The third kappa shape index (κ3) is 7.34. The highest BCUT2D eigenvalue weighted by molar-refractivity contribution is 8.01. The van der Waals surface area contributed by atoms with E-state index < -0.39 is 18.2 Å². The van der Waals surface area contributed by atoms with Gasteiger partial charge in [0.05, 0.1) is 30.3 Å². The zero-order valence-corrected chi connectivity index (χ0v) is 19.0. The van der Waals surface area contributed by atoms with Gasteiger partial charge in [0, 0.05) is 18.8 Å². The number of para-hydroxylation sites is 1. The second-order valence-corrected chi connectivity index (χ2v) is 9.68. The first-order chi connectivity index (χ1) is 14.3. The second kappa shape index (κ2) is 12.4. The molecule has 166 valence electrons. The lowest BCUT2D eigenvalue weighted by Crippen LogP contribution is -2.22. The Kier molecular flexibility index (Phi) is 10.2. The fraction of sp³-hybridized carbons (Fsp3) is 0.545. The lowest BCUT2D eigenvalue weighted by molar-refractivity contribution is -0.133. The number of Topliss-reactive ketones (excluding diaryl/α,β-unsaturated/α-hetero) is 1. The van der Waals surface area contributed by atoms with E-state index in [2.05, 4.69) is 0 Å². The number of aliphatic hydroxyl groups is 2. The van der Waals surface area contributed by atoms with Crippen molar-refractivity contribution in [1.29, 1.82) is 0 Å². The topological polar surface area (TPSA) is 104 Å². The molecule has 1 aliphatic rings. The molecule has 1 fully saturated rings. The van der Waals surface area contributed by atoms with E-state index in [1.807, 2.05) is 25.1 Å². The lowest BCUT2D eigenvalue weighted by Gasteiger charge is -2.18. The van der Waals surface area contributed by atoms with Gasteiger partial charge >= 0.3 is 5.97 Å². The Morgan fingerprint density at radius 1 is 1.37 bits per heavy atom. The third-order valence-corrected chi connectivity index (χ3v) is 7.45. The summed E-state index contributed by atoms with van der Waals surface area (Å²) >= 11 is 2.86. The number of ether oxygens (including phenoxy) is 1. The molecule has 1 aromatic carbocycles. The Morgan fingerprint density at radius 2 is 2.13 bits per heavy atom. The fourth-order valence-electron chi connectivity index (χ4n) is 3.55. The summed E-state index contributed by atoms with van der Waals surface area (Å²) in [5.41, 5.74) is 1.91. The van der Waals surface area contributed by atoms with E-state index in [0.717, 1.165) is 34.8 Å². The first kappa shape index (κ1) is 24.8. The number of hydrogen-bond acceptors (Lipinski definition) is 7. The smallest absolute Gasteiger partial charge is 0.313 e. The highest BCUT2D eigenvalue weighted by Gasteiger charge is 2.40. The molecule has 0 aromatic heterocycles. The monoisotopic (exact) mass is 454 g/mol. The number of thioether (sulfide) groups is 2. The van der Waals surface area contributed by atoms with Crippen LogP contribution < -0.4 is 4.74 Å². The molecular weight excluding hydrogens is 424 g/mol. The Bertz CT molecular complexity index is 751. The molecule has 2 rings (SSSR count). The number of aliphatic hydroxyl groups excluding tert-OH is 2. The van der Waals surface area contributed by atoms with Crippen molar-refractivity contribution >= 4 is 35.3 Å². The number of ketones is 1. The van der Waals surface area contributed by atoms with E-state index in [1.54, 1.807) is 19.3 Å². The number of aliphatic carboxylic acids is 1. The first-order valence-corrected chi connectivity index (χ1v) is 12.1. The summed E-state index contributed by atoms with van der Waals surface area (Å²) in [5, 5.41) is 29.1. The van der Waals surface area contributed by atoms with Crippen LogP contribution in [-0.4, -0.2) is 68.9 Å². The highest BCUT2D eigenvalue weighted by atomic mass is 32.2. The van der Waals surface area contributed by atoms with Gasteiger partial charge in [0.2, 0.25) is 0 Å². The summed E-state index contributed by atoms with van der Waals surface area (Å²) < 4.78 is 5.43. The standard InChI is InChI=1S/C22H30O6S2/c1-14-5-3-6-15(21(14)28-2)11-16(23)7-8-17-18(24)12-19(25)22(17)30-10-4-9-29-13-20(26)27/h3,5-8,16-18,22-24H,4,9-13H2,1-2H3,(H,26,27)/t16?,17-,18?,22?/m0/s1. The van der Waals surface area contributed by atoms with Crippen molar-refractivity contribution in [2.75, 3.05) is 24.4 Å². The van der Waals surface area contributed by atoms with Crippen LogP contribution in [0.25, 0.3) is 0 Å². The minimum atomic E-state index is -0.825. The predicted octanol–water partition coefficient (Wildman–Crippen LogP) is 2.72. The largest absolute Gasteiger partial charge is 0.496 e. The van der Waals surface area contributed by atoms with Crippen molar-refractivity contribution in [2.24, 2.45) is 5.92 Å². The van der Waals surface area contributed by atoms with Crippen LogP contribution in [-0.2, 0) is 16.0 Å². The number of carbonyl (C=O) groups excluding carboxylic acids is 1. The number of rotatable bonds is 12. The SMILES string of the molecule is COc1c(C)cccc1CC(O)C=C[C@H]1C(O)CC(=O)C1SCCCSCC(=O)O. The minimum Gasteiger partial charge on any atom is -0.496 e. The number of methoxy groups -OCH3 is 1. The van der Waals surface area contributed by atoms with E-state index in [-0.39, 0.29) is 29.1 Å². The molecule has 0 radical (unpaired) electrons. The maximum absolute atomic E-state index is 12.3. The van der Waals surface area contributed by atoms with Gasteiger partial charge in [-0.15, -0.1) is 11.8 Å². The van der Waals surface area contributed by atoms with Crippen LogP contribution in [0.2, 0.25) is 0 Å². The summed E-state index contributed by atoms with van der Waals surface area (Å²) in [6.07, 6.45) is 3.24. The van der Waals surface area contributed by atoms with E-state index >= 15 is 0 Å². The number of carboxylic acid groups (broad SMARTS) is 1. The molecule has 3 N–H and O–H groups in total. The Morgan fingerprint density at radius 3 is 2.83 bits per heavy atom. The lowest BCUT2D eigenvalue weighted by atomic mass is 10.0. The zero-order valence-electron chi connectivity index (χ0n) is 17.3. The third-order valence-electron chi connectivity index (χ3n) is 4.96. The molecule has 3 unspecified atom stereocenters. The molecule has 6 nitrogen and oxygen atoms in total. The van der Waals surface area contributed by atoms with Gasteiger partial charge in [-0.05, 0) is 36.0 Å². The van der Waals surface area contributed by atoms with Crippen molar-refractivity contribution in [3.8, 4) is 5.75 Å². The molecule has 1 saturated carbocycles. The molecule has 0 aliphatic heterocycles. The summed E-state index contributed by atoms with van der Waals surface area (Å²) in [6, 6.07) is 5.79. The van der Waals surface area contributed by atoms with Crippen LogP contribution in [0, 0.1) is 12.8 Å². The number of carboxylic acids is 1. The number of hydrogen-bond donors (Lipinski definition) is 3. The van der Waals surface area contributed by atoms with Gasteiger partial charge in [0.1, 0.15) is 11.5 Å². The average molecular weight is 455 g/mol. The van der Waals surface area contributed by atoms with Gasteiger partial charge in [-0.3, -0.25) is 9.59 Å². The Balaban J connectivity index is 1.90. The molecule has 0 heterocycles. The van der Waals surface area contributed by atoms with E-state index in [9.17, 15) is 19.8 Å². The van der Waals surface area contributed by atoms with E-state index in [1.165, 1.54) is 23.5 Å². The molecule has 0 saturated heterocycles. The van der Waals surface area contributed by atoms with E-state index in [4.69, 9.17) is 9.84 Å². The second-order valence-electron chi connectivity index (χ2n) is 7.33. The van der Waals surface area contributed by atoms with E-state index in [0.29, 0.717) is 6.42 Å². The first-order valence-electron chi connectivity index (χ1n) is 9.94. The molecule has 1 aliphatic carbocycles. The number of benzene rings is 1. The number of aryl methyl sites for hydroxylation is 1. The minimum absolute atomic E-state index is 0.0233. The quantitative estimate of drug-likeness (QED) is 0.327. The van der Waals surface area contributed by atoms with Gasteiger partial charge in [0.15, 0.2) is 0 Å². The van der Waals surface area contributed by atoms with Gasteiger partial charge in [-0.25, -0.2) is 0 Å². The van der Waals surface area contributed by atoms with Crippen molar-refractivity contribution in [2.45, 2.75) is 43.6 Å². The zero-order chi connectivity index (χ0) is 22.1. The van der Waals surface area contributed by atoms with Gasteiger partial charge in [-0.2, -0.15) is 11.8 Å². The van der Waals surface area contributed by atoms with Crippen LogP contribution >= 0.6 is 23.5 Å². The normalized spacial score (nSPS) is 22.5. The van der Waals surface area contributed by atoms with Crippen LogP contribution in [0.1, 0.15) is 24.0 Å². The van der Waals surface area contributed by atoms with Crippen LogP contribution in [0.5, 0.6) is 5.75 Å². The van der Waals surface area contributed by atoms with Crippen LogP contribution in [0.3, 0.4) is 0 Å². The Labute approximate surface area is 186 Å². The van der Waals surface area contributed by atoms with Gasteiger partial charge in [0.25, 0.3) is 0 Å². The highest BCUT2D eigenvalue weighted by Crippen LogP contribution is 2.34. The van der Waals surface area contributed by atoms with Crippen LogP contribution in [0.15, 0.2) is 30.4 Å². The van der Waals surface area contributed by atoms with Crippen molar-refractivity contribution in [3.63, 3.8) is 0 Å². The van der Waals surface area contributed by atoms with Gasteiger partial charge in [-0.1, -0.05) is 30.4 Å². The molecule has 0 amide bonds. The fourth-order valence-corrected chi connectivity index (χ4v) is 5.75. The molecular formula is C22H30O6S2. The molecule has 0 spiro atoms. The molecule has 8 heteroatoms. The Hall–Kier alpha value is -1.48. The molecule has 0 bridgehead atoms. The summed E-state index contributed by atoms with van der Waals surface area (Å²) in [5.74, 6) is 1.16.